The van der Waals surface area contributed by atoms with Crippen LogP contribution in [-0.2, 0) is 0 Å². The number of Topliss-reactive ketones (excluding diaryl/α,β-unsaturated/α-hetero) is 2. The van der Waals surface area contributed by atoms with Gasteiger partial charge in [0.2, 0.25) is 11.6 Å². The number of esters is 2. The predicted octanol–water partition coefficient (Wildman–Crippen LogP) is 6.37. The summed E-state index contributed by atoms with van der Waals surface area (Å²) in [7, 11) is 0. The Morgan fingerprint density at radius 3 is 1.59 bits per heavy atom. The van der Waals surface area contributed by atoms with Crippen LogP contribution in [0.25, 0.3) is 0 Å². The van der Waals surface area contributed by atoms with Gasteiger partial charge in [0, 0.05) is 5.69 Å². The zero-order valence-electron chi connectivity index (χ0n) is 20.6. The molecule has 4 aromatic carbocycles. The van der Waals surface area contributed by atoms with Crippen LogP contribution in [0.1, 0.15) is 47.0 Å². The van der Waals surface area contributed by atoms with E-state index in [9.17, 15) is 19.2 Å². The third-order valence-corrected chi connectivity index (χ3v) is 6.33. The third-order valence-electron chi connectivity index (χ3n) is 5.97. The van der Waals surface area contributed by atoms with Gasteiger partial charge >= 0.3 is 11.9 Å². The van der Waals surface area contributed by atoms with E-state index in [0.29, 0.717) is 5.69 Å². The zero-order valence-corrected chi connectivity index (χ0v) is 21.3. The largest absolute Gasteiger partial charge is 0.422 e. The van der Waals surface area contributed by atoms with Crippen LogP contribution in [0, 0.1) is 6.92 Å². The topological polar surface area (TPSA) is 98.8 Å². The summed E-state index contributed by atoms with van der Waals surface area (Å²) in [5.41, 5.74) is 1.28. The Labute approximate surface area is 228 Å². The van der Waals surface area contributed by atoms with Gasteiger partial charge in [-0.25, -0.2) is 9.59 Å². The number of ketones is 2. The first kappa shape index (κ1) is 25.6. The van der Waals surface area contributed by atoms with Crippen molar-refractivity contribution >= 4 is 40.8 Å². The Hall–Kier alpha value is -5.01. The van der Waals surface area contributed by atoms with Gasteiger partial charge in [-0.05, 0) is 55.5 Å². The molecule has 7 nitrogen and oxygen atoms in total. The van der Waals surface area contributed by atoms with Crippen LogP contribution in [0.4, 0.5) is 5.69 Å². The minimum atomic E-state index is -0.769. The lowest BCUT2D eigenvalue weighted by Crippen LogP contribution is -2.27. The zero-order chi connectivity index (χ0) is 27.5. The average molecular weight is 538 g/mol. The number of fused-ring (bicyclic) bond motifs is 1. The van der Waals surface area contributed by atoms with Crippen LogP contribution < -0.4 is 14.8 Å². The molecule has 5 rings (SSSR count). The van der Waals surface area contributed by atoms with Gasteiger partial charge in [-0.1, -0.05) is 65.7 Å². The number of halogens is 1. The summed E-state index contributed by atoms with van der Waals surface area (Å²) in [4.78, 5) is 53.0. The summed E-state index contributed by atoms with van der Waals surface area (Å²) in [5, 5.41) is 2.51. The molecule has 0 saturated heterocycles. The van der Waals surface area contributed by atoms with Crippen molar-refractivity contribution in [3.63, 3.8) is 0 Å². The van der Waals surface area contributed by atoms with E-state index < -0.39 is 28.5 Å². The maximum Gasteiger partial charge on any atom is 0.343 e. The van der Waals surface area contributed by atoms with Gasteiger partial charge in [0.05, 0.1) is 22.3 Å². The molecule has 0 bridgehead atoms. The number of anilines is 1. The molecule has 0 saturated carbocycles. The van der Waals surface area contributed by atoms with Crippen molar-refractivity contribution in [2.24, 2.45) is 0 Å². The highest BCUT2D eigenvalue weighted by Crippen LogP contribution is 2.40. The molecule has 0 radical (unpaired) electrons. The maximum atomic E-state index is 13.8. The molecule has 0 unspecified atom stereocenters. The lowest BCUT2D eigenvalue weighted by molar-refractivity contribution is 0.0713. The van der Waals surface area contributed by atoms with Crippen LogP contribution >= 0.6 is 11.6 Å². The molecule has 39 heavy (non-hydrogen) atoms. The van der Waals surface area contributed by atoms with Gasteiger partial charge in [-0.15, -0.1) is 0 Å². The second kappa shape index (κ2) is 10.8. The van der Waals surface area contributed by atoms with Crippen molar-refractivity contribution in [2.75, 3.05) is 5.32 Å². The van der Waals surface area contributed by atoms with Gasteiger partial charge in [-0.3, -0.25) is 9.59 Å². The van der Waals surface area contributed by atoms with Crippen LogP contribution in [0.2, 0.25) is 0 Å². The van der Waals surface area contributed by atoms with Crippen molar-refractivity contribution in [3.05, 3.63) is 136 Å². The summed E-state index contributed by atoms with van der Waals surface area (Å²) in [5.74, 6) is -3.32. The first-order valence-electron chi connectivity index (χ1n) is 11.9. The van der Waals surface area contributed by atoms with Gasteiger partial charge in [0.25, 0.3) is 0 Å². The van der Waals surface area contributed by atoms with E-state index in [-0.39, 0.29) is 39.4 Å². The molecule has 0 amide bonds. The molecule has 4 aromatic rings. The molecule has 0 atom stereocenters. The number of benzene rings is 4. The molecule has 192 valence electrons. The lowest BCUT2D eigenvalue weighted by Gasteiger charge is -2.23. The Bertz CT molecular complexity index is 1640. The minimum absolute atomic E-state index is 0.177. The molecule has 8 heteroatoms. The van der Waals surface area contributed by atoms with Crippen molar-refractivity contribution in [2.45, 2.75) is 6.92 Å². The summed E-state index contributed by atoms with van der Waals surface area (Å²) < 4.78 is 11.1. The lowest BCUT2D eigenvalue weighted by atomic mass is 9.90. The van der Waals surface area contributed by atoms with Crippen LogP contribution in [0.15, 0.2) is 108 Å². The SMILES string of the molecule is Cc1ccc(NC2=C(Cl)C(=O)c3c(OC(=O)c4ccccc4)ccc(OC(=O)c4ccccc4)c3C2=O)cc1. The Balaban J connectivity index is 1.59. The molecule has 1 N–H and O–H groups in total. The second-order valence-corrected chi connectivity index (χ2v) is 9.04. The van der Waals surface area contributed by atoms with Gasteiger partial charge in [-0.2, -0.15) is 0 Å². The van der Waals surface area contributed by atoms with E-state index in [2.05, 4.69) is 5.32 Å². The quantitative estimate of drug-likeness (QED) is 0.225. The molecule has 0 fully saturated rings. The Morgan fingerprint density at radius 2 is 1.10 bits per heavy atom. The van der Waals surface area contributed by atoms with Crippen molar-refractivity contribution in [1.82, 2.24) is 0 Å². The summed E-state index contributed by atoms with van der Waals surface area (Å²) in [6, 6.07) is 26.1. The number of rotatable bonds is 6. The van der Waals surface area contributed by atoms with Crippen LogP contribution in [-0.4, -0.2) is 23.5 Å². The molecule has 0 spiro atoms. The smallest absolute Gasteiger partial charge is 0.343 e. The highest BCUT2D eigenvalue weighted by molar-refractivity contribution is 6.51. The van der Waals surface area contributed by atoms with E-state index in [4.69, 9.17) is 21.1 Å². The van der Waals surface area contributed by atoms with E-state index in [1.165, 1.54) is 12.1 Å². The molecule has 1 aliphatic carbocycles. The van der Waals surface area contributed by atoms with Gasteiger partial charge in [0.1, 0.15) is 22.2 Å². The maximum absolute atomic E-state index is 13.8. The van der Waals surface area contributed by atoms with Gasteiger partial charge < -0.3 is 14.8 Å². The number of aryl methyl sites for hydroxylation is 1. The Morgan fingerprint density at radius 1 is 0.641 bits per heavy atom. The molecular weight excluding hydrogens is 518 g/mol. The van der Waals surface area contributed by atoms with E-state index in [0.717, 1.165) is 5.56 Å². The van der Waals surface area contributed by atoms with E-state index in [1.54, 1.807) is 72.8 Å². The average Bonchev–Trinajstić information content (AvgIpc) is 2.96. The number of hydrogen-bond acceptors (Lipinski definition) is 7. The van der Waals surface area contributed by atoms with Crippen molar-refractivity contribution in [3.8, 4) is 11.5 Å². The summed E-state index contributed by atoms with van der Waals surface area (Å²) >= 11 is 6.41. The van der Waals surface area contributed by atoms with Crippen molar-refractivity contribution < 1.29 is 28.7 Å². The van der Waals surface area contributed by atoms with E-state index in [1.807, 2.05) is 19.1 Å². The third kappa shape index (κ3) is 5.21. The van der Waals surface area contributed by atoms with Crippen LogP contribution in [0.5, 0.6) is 11.5 Å². The molecule has 0 aliphatic heterocycles. The fourth-order valence-corrected chi connectivity index (χ4v) is 4.22. The molecule has 0 aromatic heterocycles. The fourth-order valence-electron chi connectivity index (χ4n) is 3.99. The number of carbonyl (C=O) groups is 4. The monoisotopic (exact) mass is 537 g/mol. The first-order chi connectivity index (χ1) is 18.8. The first-order valence-corrected chi connectivity index (χ1v) is 12.3. The Kier molecular flexibility index (Phi) is 7.08. The molecule has 0 heterocycles. The second-order valence-electron chi connectivity index (χ2n) is 8.66. The number of hydrogen-bond donors (Lipinski definition) is 1. The molecular formula is C31H20ClNO6. The highest BCUT2D eigenvalue weighted by atomic mass is 35.5. The minimum Gasteiger partial charge on any atom is -0.422 e. The number of ether oxygens (including phenoxy) is 2. The number of carbonyl (C=O) groups excluding carboxylic acids is 4. The fraction of sp³-hybridized carbons (Fsp3) is 0.0323. The number of allylic oxidation sites excluding steroid dienone is 2. The molecule has 1 aliphatic rings. The standard InChI is InChI=1S/C31H20ClNO6/c1-18-12-14-21(15-13-18)33-27-26(32)28(34)24-22(38-30(36)19-8-4-2-5-9-19)16-17-23(25(24)29(27)35)39-31(37)20-10-6-3-7-11-20/h2-17,33H,1H3. The normalized spacial score (nSPS) is 12.6. The highest BCUT2D eigenvalue weighted by Gasteiger charge is 2.38. The summed E-state index contributed by atoms with van der Waals surface area (Å²) in [6.07, 6.45) is 0. The van der Waals surface area contributed by atoms with E-state index >= 15 is 0 Å². The summed E-state index contributed by atoms with van der Waals surface area (Å²) in [6.45, 7) is 1.91. The number of nitrogens with one attached hydrogen (secondary N) is 1. The van der Waals surface area contributed by atoms with Crippen LogP contribution in [0.3, 0.4) is 0 Å². The van der Waals surface area contributed by atoms with Gasteiger partial charge in [0.15, 0.2) is 0 Å². The van der Waals surface area contributed by atoms with Crippen molar-refractivity contribution in [1.29, 1.82) is 0 Å². The predicted molar refractivity (Wildman–Crippen MR) is 146 cm³/mol.